The van der Waals surface area contributed by atoms with Crippen LogP contribution >= 0.6 is 0 Å². The molecule has 1 amide bonds. The molecule has 1 saturated carbocycles. The molecule has 9 heteroatoms. The van der Waals surface area contributed by atoms with Crippen molar-refractivity contribution in [1.29, 1.82) is 0 Å². The maximum Gasteiger partial charge on any atom is 0.337 e. The van der Waals surface area contributed by atoms with Crippen molar-refractivity contribution < 1.29 is 32.1 Å². The summed E-state index contributed by atoms with van der Waals surface area (Å²) in [5.74, 6) is -0.901. The van der Waals surface area contributed by atoms with Crippen molar-refractivity contribution in [2.45, 2.75) is 57.4 Å². The lowest BCUT2D eigenvalue weighted by molar-refractivity contribution is -0.123. The highest BCUT2D eigenvalue weighted by Crippen LogP contribution is 2.38. The molecule has 0 radical (unpaired) electrons. The monoisotopic (exact) mass is 473 g/mol. The third-order valence-electron chi connectivity index (χ3n) is 6.47. The Morgan fingerprint density at radius 2 is 1.67 bits per heavy atom. The van der Waals surface area contributed by atoms with Crippen LogP contribution in [0.4, 0.5) is 5.69 Å². The van der Waals surface area contributed by atoms with Crippen LogP contribution in [0.25, 0.3) is 21.9 Å². The fourth-order valence-electron chi connectivity index (χ4n) is 4.68. The largest absolute Gasteiger partial charge is 0.478 e. The maximum absolute atomic E-state index is 13.5. The van der Waals surface area contributed by atoms with E-state index >= 15 is 0 Å². The fraction of sp³-hybridized carbons (Fsp3) is 0.417. The Bertz CT molecular complexity index is 1350. The Labute approximate surface area is 191 Å². The van der Waals surface area contributed by atoms with Crippen molar-refractivity contribution in [1.82, 2.24) is 0 Å². The van der Waals surface area contributed by atoms with Gasteiger partial charge in [0.1, 0.15) is 11.2 Å². The van der Waals surface area contributed by atoms with E-state index < -0.39 is 16.1 Å². The number of anilines is 1. The number of carboxylic acid groups (broad SMARTS) is 1. The molecule has 4 rings (SSSR count). The molecule has 1 aliphatic carbocycles. The van der Waals surface area contributed by atoms with E-state index in [9.17, 15) is 27.7 Å². The van der Waals surface area contributed by atoms with Gasteiger partial charge in [0.2, 0.25) is 5.91 Å². The first-order valence-corrected chi connectivity index (χ1v) is 12.5. The van der Waals surface area contributed by atoms with E-state index in [1.165, 1.54) is 29.2 Å². The van der Waals surface area contributed by atoms with Gasteiger partial charge >= 0.3 is 5.97 Å². The normalized spacial score (nSPS) is 19.3. The van der Waals surface area contributed by atoms with Gasteiger partial charge in [-0.05, 0) is 75.8 Å². The van der Waals surface area contributed by atoms with Gasteiger partial charge in [0.05, 0.1) is 16.1 Å². The summed E-state index contributed by atoms with van der Waals surface area (Å²) in [6.07, 6.45) is 3.44. The molecule has 8 nitrogen and oxygen atoms in total. The lowest BCUT2D eigenvalue weighted by Crippen LogP contribution is -2.42. The van der Waals surface area contributed by atoms with Gasteiger partial charge in [0.15, 0.2) is 0 Å². The van der Waals surface area contributed by atoms with E-state index in [0.717, 1.165) is 25.7 Å². The zero-order valence-corrected chi connectivity index (χ0v) is 19.6. The summed E-state index contributed by atoms with van der Waals surface area (Å²) in [4.78, 5) is 26.9. The van der Waals surface area contributed by atoms with Gasteiger partial charge in [-0.2, -0.15) is 8.42 Å². The molecule has 0 bridgehead atoms. The number of furan rings is 1. The second kappa shape index (κ2) is 8.46. The van der Waals surface area contributed by atoms with Crippen LogP contribution in [-0.4, -0.2) is 36.0 Å². The van der Waals surface area contributed by atoms with Crippen molar-refractivity contribution in [3.8, 4) is 0 Å². The molecule has 0 unspecified atom stereocenters. The van der Waals surface area contributed by atoms with E-state index in [1.807, 2.05) is 13.8 Å². The Balaban J connectivity index is 1.91. The molecule has 1 heterocycles. The van der Waals surface area contributed by atoms with Gasteiger partial charge in [-0.15, -0.1) is 0 Å². The van der Waals surface area contributed by atoms with Crippen LogP contribution in [0.5, 0.6) is 0 Å². The minimum Gasteiger partial charge on any atom is -0.478 e. The number of benzene rings is 2. The topological polar surface area (TPSA) is 125 Å². The first-order valence-electron chi connectivity index (χ1n) is 11.0. The second-order valence-corrected chi connectivity index (χ2v) is 10.6. The molecule has 1 fully saturated rings. The first kappa shape index (κ1) is 23.3. The van der Waals surface area contributed by atoms with Gasteiger partial charge in [-0.3, -0.25) is 9.35 Å². The molecule has 1 aromatic heterocycles. The summed E-state index contributed by atoms with van der Waals surface area (Å²) in [6.45, 7) is 5.84. The Morgan fingerprint density at radius 1 is 1.03 bits per heavy atom. The summed E-state index contributed by atoms with van der Waals surface area (Å²) in [7, 11) is -4.44. The molecule has 3 aromatic rings. The smallest absolute Gasteiger partial charge is 0.337 e. The quantitative estimate of drug-likeness (QED) is 0.494. The number of carboxylic acids is 1. The van der Waals surface area contributed by atoms with Crippen LogP contribution in [-0.2, 0) is 14.9 Å². The highest BCUT2D eigenvalue weighted by molar-refractivity contribution is 7.85. The molecule has 2 N–H and O–H groups in total. The highest BCUT2D eigenvalue weighted by atomic mass is 32.2. The van der Waals surface area contributed by atoms with E-state index in [-0.39, 0.29) is 39.6 Å². The number of hydrogen-bond acceptors (Lipinski definition) is 5. The van der Waals surface area contributed by atoms with Crippen molar-refractivity contribution in [3.05, 3.63) is 35.9 Å². The number of carbonyl (C=O) groups excluding carboxylic acids is 1. The van der Waals surface area contributed by atoms with Crippen LogP contribution in [0, 0.1) is 11.8 Å². The Kier molecular flexibility index (Phi) is 5.96. The third kappa shape index (κ3) is 4.35. The number of nitrogens with zero attached hydrogens (tertiary/aromatic N) is 1. The number of carbonyl (C=O) groups is 2. The average Bonchev–Trinajstić information content (AvgIpc) is 3.09. The fourth-order valence-corrected chi connectivity index (χ4v) is 5.18. The molecular formula is C24H27NO7S. The van der Waals surface area contributed by atoms with Crippen molar-refractivity contribution in [2.24, 2.45) is 11.8 Å². The lowest BCUT2D eigenvalue weighted by Gasteiger charge is -2.34. The van der Waals surface area contributed by atoms with E-state index in [4.69, 9.17) is 4.42 Å². The molecule has 1 aliphatic rings. The summed E-state index contributed by atoms with van der Waals surface area (Å²) < 4.78 is 38.4. The van der Waals surface area contributed by atoms with Gasteiger partial charge in [-0.25, -0.2) is 4.79 Å². The van der Waals surface area contributed by atoms with Crippen LogP contribution in [0.15, 0.2) is 39.6 Å². The minimum atomic E-state index is -4.44. The molecule has 0 aliphatic heterocycles. The Morgan fingerprint density at radius 3 is 2.24 bits per heavy atom. The molecule has 176 valence electrons. The van der Waals surface area contributed by atoms with Gasteiger partial charge in [-0.1, -0.05) is 6.92 Å². The number of fused-ring (bicyclic) bond motifs is 3. The second-order valence-electron chi connectivity index (χ2n) is 9.16. The van der Waals surface area contributed by atoms with Crippen LogP contribution < -0.4 is 4.90 Å². The Hall–Kier alpha value is -2.91. The minimum absolute atomic E-state index is 0.0669. The van der Waals surface area contributed by atoms with E-state index in [0.29, 0.717) is 22.3 Å². The van der Waals surface area contributed by atoms with Crippen molar-refractivity contribution in [2.75, 3.05) is 4.90 Å². The lowest BCUT2D eigenvalue weighted by atomic mass is 9.82. The summed E-state index contributed by atoms with van der Waals surface area (Å²) >= 11 is 0. The van der Waals surface area contributed by atoms with Gasteiger partial charge < -0.3 is 14.4 Å². The van der Waals surface area contributed by atoms with Gasteiger partial charge in [0.25, 0.3) is 10.1 Å². The predicted octanol–water partition coefficient (Wildman–Crippen LogP) is 5.10. The zero-order valence-electron chi connectivity index (χ0n) is 18.7. The number of rotatable bonds is 5. The van der Waals surface area contributed by atoms with Crippen molar-refractivity contribution in [3.63, 3.8) is 0 Å². The number of hydrogen-bond donors (Lipinski definition) is 2. The van der Waals surface area contributed by atoms with Gasteiger partial charge in [0, 0.05) is 22.7 Å². The average molecular weight is 474 g/mol. The van der Waals surface area contributed by atoms with E-state index in [2.05, 4.69) is 6.92 Å². The molecule has 0 saturated heterocycles. The van der Waals surface area contributed by atoms with Crippen LogP contribution in [0.2, 0.25) is 0 Å². The summed E-state index contributed by atoms with van der Waals surface area (Å²) in [5, 5.41) is 10.8. The zero-order chi connectivity index (χ0) is 24.1. The SMILES string of the molecule is CC1CCC(C(=O)N(c2cc3c(cc2C(=O)O)oc2ccc(S(=O)(=O)O)cc23)C(C)C)CC1. The third-order valence-corrected chi connectivity index (χ3v) is 7.32. The van der Waals surface area contributed by atoms with Crippen LogP contribution in [0.1, 0.15) is 56.8 Å². The van der Waals surface area contributed by atoms with E-state index in [1.54, 1.807) is 6.07 Å². The maximum atomic E-state index is 13.5. The predicted molar refractivity (Wildman–Crippen MR) is 124 cm³/mol. The number of aromatic carboxylic acids is 1. The standard InChI is InChI=1S/C24H27NO7S/c1-13(2)25(23(26)15-6-4-14(3)5-7-15)20-11-18-17-10-16(33(29,30)31)8-9-21(17)32-22(18)12-19(20)24(27)28/h8-15H,4-7H2,1-3H3,(H,27,28)(H,29,30,31). The number of amides is 1. The highest BCUT2D eigenvalue weighted by Gasteiger charge is 2.33. The molecular weight excluding hydrogens is 446 g/mol. The van der Waals surface area contributed by atoms with Crippen molar-refractivity contribution >= 4 is 49.6 Å². The first-order chi connectivity index (χ1) is 15.5. The molecule has 0 atom stereocenters. The summed E-state index contributed by atoms with van der Waals surface area (Å²) in [5.41, 5.74) is 0.771. The van der Waals surface area contributed by atoms with Crippen LogP contribution in [0.3, 0.4) is 0 Å². The molecule has 33 heavy (non-hydrogen) atoms. The summed E-state index contributed by atoms with van der Waals surface area (Å²) in [6, 6.07) is 6.55. The molecule has 2 aromatic carbocycles. The molecule has 0 spiro atoms.